The van der Waals surface area contributed by atoms with E-state index in [0.29, 0.717) is 29.4 Å². The summed E-state index contributed by atoms with van der Waals surface area (Å²) in [6.07, 6.45) is 4.25. The summed E-state index contributed by atoms with van der Waals surface area (Å²) in [5, 5.41) is 46.0. The van der Waals surface area contributed by atoms with Crippen LogP contribution in [0.3, 0.4) is 0 Å². The van der Waals surface area contributed by atoms with E-state index in [-0.39, 0.29) is 49.2 Å². The summed E-state index contributed by atoms with van der Waals surface area (Å²) in [7, 11) is 0. The van der Waals surface area contributed by atoms with E-state index in [9.17, 15) is 20.4 Å². The highest BCUT2D eigenvalue weighted by molar-refractivity contribution is 5.58. The van der Waals surface area contributed by atoms with Gasteiger partial charge in [0.15, 0.2) is 0 Å². The molecule has 4 rings (SSSR count). The van der Waals surface area contributed by atoms with Gasteiger partial charge in [-0.1, -0.05) is 222 Å². The fourth-order valence-electron chi connectivity index (χ4n) is 8.79. The molecule has 0 aliphatic rings. The fraction of sp³-hybridized carbons (Fsp3) is 0.619. The van der Waals surface area contributed by atoms with Crippen LogP contribution >= 0.6 is 0 Å². The van der Waals surface area contributed by atoms with E-state index in [4.69, 9.17) is 0 Å². The maximum Gasteiger partial charge on any atom is 0.123 e. The summed E-state index contributed by atoms with van der Waals surface area (Å²) >= 11 is 0. The largest absolute Gasteiger partial charge is 0.507 e. The Hall–Kier alpha value is -3.92. The predicted molar refractivity (Wildman–Crippen MR) is 291 cm³/mol. The van der Waals surface area contributed by atoms with Gasteiger partial charge in [0.2, 0.25) is 0 Å². The first-order valence-corrected chi connectivity index (χ1v) is 25.6. The zero-order chi connectivity index (χ0) is 52.0. The quantitative estimate of drug-likeness (QED) is 0.121. The van der Waals surface area contributed by atoms with Crippen LogP contribution in [0.15, 0.2) is 48.5 Å². The molecule has 0 bridgehead atoms. The van der Waals surface area contributed by atoms with Crippen LogP contribution in [0.4, 0.5) is 0 Å². The Labute approximate surface area is 411 Å². The fourth-order valence-corrected chi connectivity index (χ4v) is 8.79. The van der Waals surface area contributed by atoms with Gasteiger partial charge in [-0.05, 0) is 119 Å². The van der Waals surface area contributed by atoms with E-state index in [0.717, 1.165) is 70.2 Å². The van der Waals surface area contributed by atoms with Crippen LogP contribution in [0.1, 0.15) is 271 Å². The summed E-state index contributed by atoms with van der Waals surface area (Å²) in [4.78, 5) is 0. The van der Waals surface area contributed by atoms with Crippen molar-refractivity contribution in [1.82, 2.24) is 0 Å². The number of hydrogen-bond donors (Lipinski definition) is 4. The molecule has 67 heavy (non-hydrogen) atoms. The lowest BCUT2D eigenvalue weighted by atomic mass is 9.71. The van der Waals surface area contributed by atoms with E-state index in [1.54, 1.807) is 0 Å². The van der Waals surface area contributed by atoms with Gasteiger partial charge in [-0.25, -0.2) is 0 Å². The first-order valence-electron chi connectivity index (χ1n) is 25.6. The van der Waals surface area contributed by atoms with Gasteiger partial charge in [-0.15, -0.1) is 0 Å². The van der Waals surface area contributed by atoms with E-state index in [2.05, 4.69) is 222 Å². The first kappa shape index (κ1) is 57.4. The van der Waals surface area contributed by atoms with E-state index < -0.39 is 0 Å². The minimum atomic E-state index is -0.194. The number of hydrogen-bond acceptors (Lipinski definition) is 4. The third-order valence-electron chi connectivity index (χ3n) is 15.3. The second-order valence-corrected chi connectivity index (χ2v) is 27.1. The van der Waals surface area contributed by atoms with E-state index in [1.807, 2.05) is 0 Å². The van der Waals surface area contributed by atoms with Gasteiger partial charge in [-0.2, -0.15) is 0 Å². The third kappa shape index (κ3) is 13.0. The maximum absolute atomic E-state index is 11.8. The molecule has 4 heteroatoms. The van der Waals surface area contributed by atoms with Crippen molar-refractivity contribution in [3.05, 3.63) is 115 Å². The zero-order valence-corrected chi connectivity index (χ0v) is 47.5. The minimum Gasteiger partial charge on any atom is -0.507 e. The molecular weight excluding hydrogens is 821 g/mol. The van der Waals surface area contributed by atoms with Crippen molar-refractivity contribution in [2.75, 3.05) is 0 Å². The number of phenols is 4. The van der Waals surface area contributed by atoms with E-state index in [1.165, 1.54) is 22.3 Å². The molecule has 0 heterocycles. The molecule has 0 aliphatic heterocycles. The monoisotopic (exact) mass is 919 g/mol. The van der Waals surface area contributed by atoms with Gasteiger partial charge in [0.25, 0.3) is 0 Å². The Bertz CT molecular complexity index is 2270. The highest BCUT2D eigenvalue weighted by atomic mass is 16.3. The number of aromatic hydroxyl groups is 4. The van der Waals surface area contributed by atoms with Crippen molar-refractivity contribution in [3.63, 3.8) is 0 Å². The molecule has 4 aromatic carbocycles. The lowest BCUT2D eigenvalue weighted by Gasteiger charge is -2.34. The topological polar surface area (TPSA) is 80.9 Å². The first-order chi connectivity index (χ1) is 30.1. The Balaban J connectivity index is 0.000000359. The normalized spacial score (nSPS) is 13.9. The molecule has 0 radical (unpaired) electrons. The molecule has 4 N–H and O–H groups in total. The molecule has 4 nitrogen and oxygen atoms in total. The summed E-state index contributed by atoms with van der Waals surface area (Å²) < 4.78 is 0. The smallest absolute Gasteiger partial charge is 0.123 e. The number of phenolic OH excluding ortho intramolecular Hbond substituents is 4. The van der Waals surface area contributed by atoms with Crippen molar-refractivity contribution in [1.29, 1.82) is 0 Å². The molecule has 0 amide bonds. The number of benzene rings is 4. The van der Waals surface area contributed by atoms with Gasteiger partial charge in [0.05, 0.1) is 0 Å². The van der Waals surface area contributed by atoms with E-state index >= 15 is 0 Å². The van der Waals surface area contributed by atoms with Crippen LogP contribution in [-0.2, 0) is 49.7 Å². The van der Waals surface area contributed by atoms with Gasteiger partial charge >= 0.3 is 0 Å². The zero-order valence-electron chi connectivity index (χ0n) is 47.5. The molecule has 0 saturated heterocycles. The molecule has 0 saturated carbocycles. The van der Waals surface area contributed by atoms with Crippen LogP contribution in [0.2, 0.25) is 0 Å². The molecular formula is C63H98O4. The molecule has 0 fully saturated rings. The van der Waals surface area contributed by atoms with Gasteiger partial charge in [-0.3, -0.25) is 0 Å². The Morgan fingerprint density at radius 3 is 0.896 bits per heavy atom. The SMILES string of the molecule is CC(C)(C)c1cc(Cc2cc(C(C)(C)C)cc(C(C)(C)C)c2O)c(O)c(C(C)(C)C)c1.CCC(c1cc(C(C)(C)CC)cc(C(C)(C)C)c1O)c1cc(C(C)(C)CC)cc(C(C)(C)CC)c1O. The highest BCUT2D eigenvalue weighted by Crippen LogP contribution is 2.49. The van der Waals surface area contributed by atoms with Gasteiger partial charge < -0.3 is 20.4 Å². The molecule has 0 aromatic heterocycles. The summed E-state index contributed by atoms with van der Waals surface area (Å²) in [6.45, 7) is 54.9. The van der Waals surface area contributed by atoms with Gasteiger partial charge in [0.1, 0.15) is 23.0 Å². The molecule has 0 aliphatic carbocycles. The van der Waals surface area contributed by atoms with Crippen LogP contribution < -0.4 is 0 Å². The van der Waals surface area contributed by atoms with Crippen molar-refractivity contribution in [2.24, 2.45) is 0 Å². The Morgan fingerprint density at radius 1 is 0.328 bits per heavy atom. The third-order valence-corrected chi connectivity index (χ3v) is 15.3. The molecule has 4 aromatic rings. The Morgan fingerprint density at radius 2 is 0.612 bits per heavy atom. The minimum absolute atomic E-state index is 0.00972. The summed E-state index contributed by atoms with van der Waals surface area (Å²) in [6, 6.07) is 17.4. The lowest BCUT2D eigenvalue weighted by molar-refractivity contribution is 0.412. The molecule has 374 valence electrons. The van der Waals surface area contributed by atoms with Crippen molar-refractivity contribution in [3.8, 4) is 23.0 Å². The lowest BCUT2D eigenvalue weighted by Crippen LogP contribution is -2.22. The average molecular weight is 919 g/mol. The standard InChI is InChI=1S/C34H54O2.C29H44O2/c1-14-24(25-18-22(32(8,9)15-2)20-27(29(25)35)31(5,6)7)26-19-23(33(10,11)16-3)21-28(30(26)36)34(12,13)17-4;1-26(2,3)20-14-18(24(30)22(16-20)28(7,8)9)13-19-15-21(27(4,5)6)17-23(25(19)31)29(10,11)12/h18-21,24,35-36H,14-17H2,1-13H3;14-17,30-31H,13H2,1-12H3. The van der Waals surface area contributed by atoms with Gasteiger partial charge in [0, 0.05) is 29.0 Å². The second kappa shape index (κ2) is 19.8. The van der Waals surface area contributed by atoms with Crippen molar-refractivity contribution < 1.29 is 20.4 Å². The Kier molecular flexibility index (Phi) is 17.0. The van der Waals surface area contributed by atoms with Crippen molar-refractivity contribution in [2.45, 2.75) is 254 Å². The number of rotatable bonds is 11. The van der Waals surface area contributed by atoms with Crippen molar-refractivity contribution >= 4 is 0 Å². The van der Waals surface area contributed by atoms with Crippen LogP contribution in [0.25, 0.3) is 0 Å². The van der Waals surface area contributed by atoms with Crippen LogP contribution in [0, 0.1) is 0 Å². The second-order valence-electron chi connectivity index (χ2n) is 27.1. The summed E-state index contributed by atoms with van der Waals surface area (Å²) in [5.41, 5.74) is 11.7. The van der Waals surface area contributed by atoms with Crippen LogP contribution in [0.5, 0.6) is 23.0 Å². The summed E-state index contributed by atoms with van der Waals surface area (Å²) in [5.74, 6) is 1.36. The molecule has 0 spiro atoms. The molecule has 1 atom stereocenters. The van der Waals surface area contributed by atoms with Crippen LogP contribution in [-0.4, -0.2) is 20.4 Å². The molecule has 1 unspecified atom stereocenters. The average Bonchev–Trinajstić information content (AvgIpc) is 3.18. The maximum atomic E-state index is 11.8. The predicted octanol–water partition coefficient (Wildman–Crippen LogP) is 17.9. The highest BCUT2D eigenvalue weighted by Gasteiger charge is 2.34.